The van der Waals surface area contributed by atoms with Gasteiger partial charge < -0.3 is 9.84 Å². The van der Waals surface area contributed by atoms with Crippen molar-refractivity contribution in [3.8, 4) is 11.4 Å². The van der Waals surface area contributed by atoms with Crippen LogP contribution < -0.4 is 4.74 Å². The van der Waals surface area contributed by atoms with Gasteiger partial charge in [0.1, 0.15) is 16.5 Å². The van der Waals surface area contributed by atoms with Gasteiger partial charge in [-0.1, -0.05) is 24.9 Å². The molecule has 0 saturated heterocycles. The van der Waals surface area contributed by atoms with E-state index >= 15 is 0 Å². The second-order valence-corrected chi connectivity index (χ2v) is 5.02. The average Bonchev–Trinajstić information content (AvgIpc) is 2.75. The van der Waals surface area contributed by atoms with E-state index in [4.69, 9.17) is 21.4 Å². The largest absolute Gasteiger partial charge is 0.494 e. The van der Waals surface area contributed by atoms with Gasteiger partial charge in [0.2, 0.25) is 0 Å². The minimum absolute atomic E-state index is 0.0277. The molecule has 0 atom stereocenters. The van der Waals surface area contributed by atoms with E-state index in [0.29, 0.717) is 18.0 Å². The summed E-state index contributed by atoms with van der Waals surface area (Å²) in [7, 11) is 0. The molecule has 1 aromatic heterocycles. The summed E-state index contributed by atoms with van der Waals surface area (Å²) in [6.07, 6.45) is 2.09. The number of carboxylic acid groups (broad SMARTS) is 1. The predicted molar refractivity (Wildman–Crippen MR) is 80.7 cm³/mol. The highest BCUT2D eigenvalue weighted by Gasteiger charge is 2.20. The first kappa shape index (κ1) is 15.4. The molecule has 2 aromatic rings. The van der Waals surface area contributed by atoms with Crippen molar-refractivity contribution >= 4 is 17.6 Å². The molecule has 112 valence electrons. The highest BCUT2D eigenvalue weighted by Crippen LogP contribution is 2.24. The molecule has 1 N–H and O–H groups in total. The molecule has 1 heterocycles. The van der Waals surface area contributed by atoms with Gasteiger partial charge in [0, 0.05) is 0 Å². The van der Waals surface area contributed by atoms with Crippen LogP contribution in [0.5, 0.6) is 5.75 Å². The van der Waals surface area contributed by atoms with E-state index in [-0.39, 0.29) is 10.7 Å². The maximum absolute atomic E-state index is 11.1. The molecule has 6 heteroatoms. The molecule has 5 nitrogen and oxygen atoms in total. The van der Waals surface area contributed by atoms with E-state index in [9.17, 15) is 4.79 Å². The van der Waals surface area contributed by atoms with Crippen molar-refractivity contribution in [3.63, 3.8) is 0 Å². The fourth-order valence-corrected chi connectivity index (χ4v) is 2.28. The monoisotopic (exact) mass is 308 g/mol. The molecule has 0 bridgehead atoms. The molecular weight excluding hydrogens is 292 g/mol. The van der Waals surface area contributed by atoms with E-state index in [2.05, 4.69) is 12.0 Å². The van der Waals surface area contributed by atoms with Gasteiger partial charge in [0.25, 0.3) is 0 Å². The van der Waals surface area contributed by atoms with E-state index < -0.39 is 5.97 Å². The zero-order valence-corrected chi connectivity index (χ0v) is 12.7. The van der Waals surface area contributed by atoms with E-state index in [1.165, 1.54) is 4.68 Å². The van der Waals surface area contributed by atoms with Crippen molar-refractivity contribution in [2.45, 2.75) is 26.7 Å². The van der Waals surface area contributed by atoms with Crippen molar-refractivity contribution < 1.29 is 14.6 Å². The van der Waals surface area contributed by atoms with Crippen LogP contribution in [0.25, 0.3) is 5.69 Å². The van der Waals surface area contributed by atoms with Crippen LogP contribution in [0.3, 0.4) is 0 Å². The fraction of sp³-hybridized carbons (Fsp3) is 0.333. The first-order valence-corrected chi connectivity index (χ1v) is 7.14. The topological polar surface area (TPSA) is 64.4 Å². The number of aryl methyl sites for hydroxylation is 1. The van der Waals surface area contributed by atoms with Crippen LogP contribution in [0.15, 0.2) is 24.3 Å². The van der Waals surface area contributed by atoms with Gasteiger partial charge in [0.05, 0.1) is 18.0 Å². The number of benzene rings is 1. The Bertz CT molecular complexity index is 635. The normalized spacial score (nSPS) is 10.6. The number of halogens is 1. The third-order valence-electron chi connectivity index (χ3n) is 3.07. The second kappa shape index (κ2) is 6.63. The number of carbonyl (C=O) groups is 1. The van der Waals surface area contributed by atoms with Gasteiger partial charge in [-0.15, -0.1) is 0 Å². The van der Waals surface area contributed by atoms with Crippen LogP contribution in [0.4, 0.5) is 0 Å². The van der Waals surface area contributed by atoms with Crippen molar-refractivity contribution in [1.82, 2.24) is 9.78 Å². The summed E-state index contributed by atoms with van der Waals surface area (Å²) in [4.78, 5) is 11.1. The Hall–Kier alpha value is -2.01. The number of nitrogens with zero attached hydrogens (tertiary/aromatic N) is 2. The Morgan fingerprint density at radius 2 is 2.05 bits per heavy atom. The standard InChI is InChI=1S/C15H17ClN2O3/c1-3-4-9-21-12-7-5-11(6-8-12)18-14(16)13(15(19)20)10(2)17-18/h5-8H,3-4,9H2,1-2H3,(H,19,20). The van der Waals surface area contributed by atoms with E-state index in [1.54, 1.807) is 19.1 Å². The summed E-state index contributed by atoms with van der Waals surface area (Å²) in [5.74, 6) is -0.311. The van der Waals surface area contributed by atoms with Crippen LogP contribution in [-0.4, -0.2) is 27.5 Å². The van der Waals surface area contributed by atoms with E-state index in [0.717, 1.165) is 18.6 Å². The molecule has 0 saturated carbocycles. The number of carboxylic acids is 1. The molecule has 0 unspecified atom stereocenters. The van der Waals surface area contributed by atoms with Crippen molar-refractivity contribution in [2.75, 3.05) is 6.61 Å². The zero-order valence-electron chi connectivity index (χ0n) is 12.0. The van der Waals surface area contributed by atoms with Crippen LogP contribution in [0.2, 0.25) is 5.15 Å². The Morgan fingerprint density at radius 3 is 2.57 bits per heavy atom. The van der Waals surface area contributed by atoms with Crippen LogP contribution >= 0.6 is 11.6 Å². The molecule has 0 radical (unpaired) electrons. The number of hydrogen-bond donors (Lipinski definition) is 1. The number of aromatic carboxylic acids is 1. The summed E-state index contributed by atoms with van der Waals surface area (Å²) in [5.41, 5.74) is 1.11. The Kier molecular flexibility index (Phi) is 4.85. The molecule has 0 fully saturated rings. The third-order valence-corrected chi connectivity index (χ3v) is 3.41. The van der Waals surface area contributed by atoms with Gasteiger partial charge in [-0.05, 0) is 37.6 Å². The highest BCUT2D eigenvalue weighted by molar-refractivity contribution is 6.32. The lowest BCUT2D eigenvalue weighted by atomic mass is 10.2. The molecular formula is C15H17ClN2O3. The summed E-state index contributed by atoms with van der Waals surface area (Å²) < 4.78 is 6.99. The fourth-order valence-electron chi connectivity index (χ4n) is 1.93. The molecule has 2 rings (SSSR count). The van der Waals surface area contributed by atoms with Crippen LogP contribution in [0, 0.1) is 6.92 Å². The Morgan fingerprint density at radius 1 is 1.38 bits per heavy atom. The van der Waals surface area contributed by atoms with Gasteiger partial charge in [-0.25, -0.2) is 9.48 Å². The van der Waals surface area contributed by atoms with Crippen LogP contribution in [0.1, 0.15) is 35.8 Å². The summed E-state index contributed by atoms with van der Waals surface area (Å²) >= 11 is 6.09. The number of rotatable bonds is 6. The number of aromatic nitrogens is 2. The number of unbranched alkanes of at least 4 members (excludes halogenated alkanes) is 1. The minimum Gasteiger partial charge on any atom is -0.494 e. The predicted octanol–water partition coefficient (Wildman–Crippen LogP) is 3.71. The molecule has 21 heavy (non-hydrogen) atoms. The first-order valence-electron chi connectivity index (χ1n) is 6.76. The molecule has 0 aliphatic heterocycles. The molecule has 0 aliphatic carbocycles. The molecule has 0 aliphatic rings. The Labute approximate surface area is 128 Å². The average molecular weight is 309 g/mol. The third kappa shape index (κ3) is 3.36. The second-order valence-electron chi connectivity index (χ2n) is 4.66. The summed E-state index contributed by atoms with van der Waals surface area (Å²) in [6.45, 7) is 4.41. The minimum atomic E-state index is -1.08. The van der Waals surface area contributed by atoms with Gasteiger partial charge in [-0.2, -0.15) is 5.10 Å². The summed E-state index contributed by atoms with van der Waals surface area (Å²) in [5, 5.41) is 13.4. The van der Waals surface area contributed by atoms with Gasteiger partial charge in [0.15, 0.2) is 0 Å². The highest BCUT2D eigenvalue weighted by atomic mass is 35.5. The lowest BCUT2D eigenvalue weighted by molar-refractivity contribution is 0.0696. The molecule has 0 spiro atoms. The van der Waals surface area contributed by atoms with Crippen molar-refractivity contribution in [3.05, 3.63) is 40.7 Å². The van der Waals surface area contributed by atoms with Gasteiger partial charge >= 0.3 is 5.97 Å². The summed E-state index contributed by atoms with van der Waals surface area (Å²) in [6, 6.07) is 7.23. The first-order chi connectivity index (χ1) is 10.0. The van der Waals surface area contributed by atoms with Crippen LogP contribution in [-0.2, 0) is 0 Å². The number of ether oxygens (including phenoxy) is 1. The molecule has 1 aromatic carbocycles. The van der Waals surface area contributed by atoms with Gasteiger partial charge in [-0.3, -0.25) is 0 Å². The maximum Gasteiger partial charge on any atom is 0.340 e. The van der Waals surface area contributed by atoms with E-state index in [1.807, 2.05) is 12.1 Å². The molecule has 0 amide bonds. The lowest BCUT2D eigenvalue weighted by Gasteiger charge is -2.07. The van der Waals surface area contributed by atoms with Crippen molar-refractivity contribution in [1.29, 1.82) is 0 Å². The zero-order chi connectivity index (χ0) is 15.4. The quantitative estimate of drug-likeness (QED) is 0.826. The maximum atomic E-state index is 11.1. The number of hydrogen-bond acceptors (Lipinski definition) is 3. The smallest absolute Gasteiger partial charge is 0.340 e. The van der Waals surface area contributed by atoms with Crippen molar-refractivity contribution in [2.24, 2.45) is 0 Å². The lowest BCUT2D eigenvalue weighted by Crippen LogP contribution is -2.00. The Balaban J connectivity index is 2.23. The SMILES string of the molecule is CCCCOc1ccc(-n2nc(C)c(C(=O)O)c2Cl)cc1.